The Morgan fingerprint density at radius 3 is 2.50 bits per heavy atom. The zero-order chi connectivity index (χ0) is 11.4. The number of rotatable bonds is 2. The molecule has 2 N–H and O–H groups in total. The number of nitrogens with zero attached hydrogens (tertiary/aromatic N) is 2. The van der Waals surface area contributed by atoms with Crippen molar-refractivity contribution in [3.8, 4) is 6.07 Å². The molecule has 0 saturated carbocycles. The van der Waals surface area contributed by atoms with Crippen LogP contribution >= 0.6 is 0 Å². The van der Waals surface area contributed by atoms with Crippen molar-refractivity contribution in [3.63, 3.8) is 0 Å². The lowest BCUT2D eigenvalue weighted by atomic mass is 9.90. The summed E-state index contributed by atoms with van der Waals surface area (Å²) in [4.78, 5) is 2.32. The molecule has 16 heavy (non-hydrogen) atoms. The first-order valence-corrected chi connectivity index (χ1v) is 6.27. The van der Waals surface area contributed by atoms with Crippen LogP contribution in [0.4, 0.5) is 0 Å². The van der Waals surface area contributed by atoms with Gasteiger partial charge in [0.15, 0.2) is 0 Å². The van der Waals surface area contributed by atoms with Crippen molar-refractivity contribution in [1.82, 2.24) is 10.2 Å². The SMILES string of the molecule is N#CC1CCN(CC2(O)CCNCC2)CC1. The van der Waals surface area contributed by atoms with Gasteiger partial charge in [0.2, 0.25) is 0 Å². The number of likely N-dealkylation sites (tertiary alicyclic amines) is 1. The second kappa shape index (κ2) is 5.13. The molecular formula is C12H21N3O. The van der Waals surface area contributed by atoms with E-state index in [1.165, 1.54) is 0 Å². The van der Waals surface area contributed by atoms with Crippen LogP contribution in [0.5, 0.6) is 0 Å². The lowest BCUT2D eigenvalue weighted by Crippen LogP contribution is -2.51. The molecule has 2 saturated heterocycles. The van der Waals surface area contributed by atoms with Crippen molar-refractivity contribution >= 4 is 0 Å². The van der Waals surface area contributed by atoms with Gasteiger partial charge in [0.1, 0.15) is 0 Å². The van der Waals surface area contributed by atoms with E-state index in [2.05, 4.69) is 16.3 Å². The zero-order valence-corrected chi connectivity index (χ0v) is 9.78. The minimum Gasteiger partial charge on any atom is -0.388 e. The van der Waals surface area contributed by atoms with Crippen LogP contribution in [0, 0.1) is 17.2 Å². The summed E-state index contributed by atoms with van der Waals surface area (Å²) >= 11 is 0. The minimum absolute atomic E-state index is 0.235. The summed E-state index contributed by atoms with van der Waals surface area (Å²) in [5.74, 6) is 0.235. The number of piperidine rings is 2. The molecule has 0 aliphatic carbocycles. The maximum atomic E-state index is 10.4. The Labute approximate surface area is 97.2 Å². The fraction of sp³-hybridized carbons (Fsp3) is 0.917. The summed E-state index contributed by atoms with van der Waals surface area (Å²) in [6, 6.07) is 2.34. The number of hydrogen-bond donors (Lipinski definition) is 2. The topological polar surface area (TPSA) is 59.3 Å². The summed E-state index contributed by atoms with van der Waals surface area (Å²) in [6.07, 6.45) is 3.63. The van der Waals surface area contributed by atoms with Crippen molar-refractivity contribution < 1.29 is 5.11 Å². The maximum Gasteiger partial charge on any atom is 0.0798 e. The number of β-amino-alcohol motifs (C(OH)–C–C–N with tert-alkyl or cyclic N) is 1. The van der Waals surface area contributed by atoms with E-state index in [0.717, 1.165) is 58.4 Å². The van der Waals surface area contributed by atoms with E-state index in [9.17, 15) is 5.11 Å². The van der Waals surface area contributed by atoms with Crippen molar-refractivity contribution in [2.45, 2.75) is 31.3 Å². The molecule has 2 aliphatic rings. The first kappa shape index (κ1) is 11.8. The van der Waals surface area contributed by atoms with Crippen LogP contribution in [0.15, 0.2) is 0 Å². The summed E-state index contributed by atoms with van der Waals surface area (Å²) < 4.78 is 0. The van der Waals surface area contributed by atoms with Crippen LogP contribution < -0.4 is 5.32 Å². The lowest BCUT2D eigenvalue weighted by molar-refractivity contribution is -0.0262. The first-order chi connectivity index (χ1) is 7.72. The van der Waals surface area contributed by atoms with Gasteiger partial charge in [-0.3, -0.25) is 0 Å². The Kier molecular flexibility index (Phi) is 3.80. The van der Waals surface area contributed by atoms with Gasteiger partial charge in [-0.15, -0.1) is 0 Å². The Morgan fingerprint density at radius 2 is 1.94 bits per heavy atom. The van der Waals surface area contributed by atoms with Gasteiger partial charge in [-0.1, -0.05) is 0 Å². The van der Waals surface area contributed by atoms with Gasteiger partial charge in [-0.2, -0.15) is 5.26 Å². The van der Waals surface area contributed by atoms with E-state index in [-0.39, 0.29) is 5.92 Å². The monoisotopic (exact) mass is 223 g/mol. The third kappa shape index (κ3) is 2.94. The molecule has 0 aromatic carbocycles. The summed E-state index contributed by atoms with van der Waals surface area (Å²) in [5, 5.41) is 22.5. The normalized spacial score (nSPS) is 27.5. The van der Waals surface area contributed by atoms with Crippen molar-refractivity contribution in [2.24, 2.45) is 5.92 Å². The molecule has 4 heteroatoms. The van der Waals surface area contributed by atoms with Gasteiger partial charge >= 0.3 is 0 Å². The molecule has 0 atom stereocenters. The number of hydrogen-bond acceptors (Lipinski definition) is 4. The van der Waals surface area contributed by atoms with Crippen molar-refractivity contribution in [2.75, 3.05) is 32.7 Å². The third-order valence-corrected chi connectivity index (χ3v) is 3.82. The van der Waals surface area contributed by atoms with Crippen LogP contribution in [0.2, 0.25) is 0 Å². The van der Waals surface area contributed by atoms with Crippen molar-refractivity contribution in [1.29, 1.82) is 5.26 Å². The molecule has 0 aromatic rings. The van der Waals surface area contributed by atoms with E-state index in [1.54, 1.807) is 0 Å². The van der Waals surface area contributed by atoms with E-state index in [1.807, 2.05) is 0 Å². The summed E-state index contributed by atoms with van der Waals surface area (Å²) in [7, 11) is 0. The number of nitriles is 1. The quantitative estimate of drug-likeness (QED) is 0.708. The fourth-order valence-corrected chi connectivity index (χ4v) is 2.69. The maximum absolute atomic E-state index is 10.4. The molecular weight excluding hydrogens is 202 g/mol. The predicted molar refractivity (Wildman–Crippen MR) is 61.8 cm³/mol. The van der Waals surface area contributed by atoms with Crippen molar-refractivity contribution in [3.05, 3.63) is 0 Å². The van der Waals surface area contributed by atoms with Gasteiger partial charge in [0.05, 0.1) is 11.7 Å². The second-order valence-electron chi connectivity index (χ2n) is 5.15. The Balaban J connectivity index is 1.79. The average Bonchev–Trinajstić information content (AvgIpc) is 2.30. The van der Waals surface area contributed by atoms with E-state index in [0.29, 0.717) is 0 Å². The van der Waals surface area contributed by atoms with Gasteiger partial charge in [0.25, 0.3) is 0 Å². The molecule has 0 bridgehead atoms. The Bertz CT molecular complexity index is 260. The van der Waals surface area contributed by atoms with Crippen LogP contribution in [-0.4, -0.2) is 48.3 Å². The van der Waals surface area contributed by atoms with Crippen LogP contribution in [-0.2, 0) is 0 Å². The smallest absolute Gasteiger partial charge is 0.0798 e. The largest absolute Gasteiger partial charge is 0.388 e. The summed E-state index contributed by atoms with van der Waals surface area (Å²) in [6.45, 7) is 4.56. The standard InChI is InChI=1S/C12H21N3O/c13-9-11-1-7-15(8-2-11)10-12(16)3-5-14-6-4-12/h11,14,16H,1-8,10H2. The fourth-order valence-electron chi connectivity index (χ4n) is 2.69. The summed E-state index contributed by atoms with van der Waals surface area (Å²) in [5.41, 5.74) is -0.495. The first-order valence-electron chi connectivity index (χ1n) is 6.27. The Morgan fingerprint density at radius 1 is 1.31 bits per heavy atom. The third-order valence-electron chi connectivity index (χ3n) is 3.82. The number of nitrogens with one attached hydrogen (secondary N) is 1. The van der Waals surface area contributed by atoms with Gasteiger partial charge < -0.3 is 15.3 Å². The van der Waals surface area contributed by atoms with Gasteiger partial charge in [-0.05, 0) is 51.9 Å². The van der Waals surface area contributed by atoms with Crippen LogP contribution in [0.3, 0.4) is 0 Å². The van der Waals surface area contributed by atoms with E-state index < -0.39 is 5.60 Å². The lowest BCUT2D eigenvalue weighted by Gasteiger charge is -2.39. The molecule has 2 heterocycles. The molecule has 0 aromatic heterocycles. The minimum atomic E-state index is -0.495. The van der Waals surface area contributed by atoms with Gasteiger partial charge in [-0.25, -0.2) is 0 Å². The molecule has 2 aliphatic heterocycles. The average molecular weight is 223 g/mol. The van der Waals surface area contributed by atoms with Crippen LogP contribution in [0.1, 0.15) is 25.7 Å². The highest BCUT2D eigenvalue weighted by Gasteiger charge is 2.32. The molecule has 0 radical (unpaired) electrons. The highest BCUT2D eigenvalue weighted by atomic mass is 16.3. The molecule has 0 unspecified atom stereocenters. The van der Waals surface area contributed by atoms with E-state index in [4.69, 9.17) is 5.26 Å². The molecule has 2 rings (SSSR count). The molecule has 90 valence electrons. The van der Waals surface area contributed by atoms with Gasteiger partial charge in [0, 0.05) is 12.5 Å². The molecule has 0 amide bonds. The van der Waals surface area contributed by atoms with Crippen LogP contribution in [0.25, 0.3) is 0 Å². The zero-order valence-electron chi connectivity index (χ0n) is 9.78. The Hall–Kier alpha value is -0.630. The molecule has 2 fully saturated rings. The van der Waals surface area contributed by atoms with E-state index >= 15 is 0 Å². The number of aliphatic hydroxyl groups is 1. The predicted octanol–water partition coefficient (Wildman–Crippen LogP) is 0.336. The highest BCUT2D eigenvalue weighted by molar-refractivity contribution is 4.91. The molecule has 4 nitrogen and oxygen atoms in total. The second-order valence-corrected chi connectivity index (χ2v) is 5.15. The highest BCUT2D eigenvalue weighted by Crippen LogP contribution is 2.23. The molecule has 0 spiro atoms.